The number of carbonyl (C=O) groups is 2. The standard InChI is InChI=1S/C24H28FN3O5/c1-31-13-12-27(24(30)16-32-2)15-23(29)28-21(18-9-5-7-11-22(18)33-3)14-20(26-28)17-8-4-6-10-19(17)25/h4-11,21H,12-16H2,1-3H3. The molecule has 9 heteroatoms. The van der Waals surface area contributed by atoms with Crippen LogP contribution in [0.3, 0.4) is 0 Å². The average Bonchev–Trinajstić information content (AvgIpc) is 3.27. The van der Waals surface area contributed by atoms with Crippen molar-refractivity contribution in [1.29, 1.82) is 0 Å². The molecular formula is C24H28FN3O5. The summed E-state index contributed by atoms with van der Waals surface area (Å²) in [5, 5.41) is 5.81. The second kappa shape index (κ2) is 11.5. The van der Waals surface area contributed by atoms with Crippen molar-refractivity contribution in [3.63, 3.8) is 0 Å². The van der Waals surface area contributed by atoms with E-state index in [-0.39, 0.29) is 32.2 Å². The molecule has 1 atom stereocenters. The van der Waals surface area contributed by atoms with Crippen LogP contribution < -0.4 is 4.74 Å². The molecule has 33 heavy (non-hydrogen) atoms. The van der Waals surface area contributed by atoms with Gasteiger partial charge in [-0.3, -0.25) is 9.59 Å². The Morgan fingerprint density at radius 1 is 1.09 bits per heavy atom. The number of rotatable bonds is 10. The molecular weight excluding hydrogens is 429 g/mol. The van der Waals surface area contributed by atoms with Gasteiger partial charge in [0.25, 0.3) is 5.91 Å². The number of halogens is 1. The average molecular weight is 458 g/mol. The first kappa shape index (κ1) is 24.3. The van der Waals surface area contributed by atoms with Crippen LogP contribution in [-0.2, 0) is 19.1 Å². The van der Waals surface area contributed by atoms with E-state index in [4.69, 9.17) is 14.2 Å². The molecule has 2 amide bonds. The molecule has 176 valence electrons. The first-order chi connectivity index (χ1) is 16.0. The number of hydrogen-bond acceptors (Lipinski definition) is 6. The molecule has 1 unspecified atom stereocenters. The van der Waals surface area contributed by atoms with E-state index in [2.05, 4.69) is 5.10 Å². The van der Waals surface area contributed by atoms with Crippen molar-refractivity contribution < 1.29 is 28.2 Å². The molecule has 1 aliphatic heterocycles. The Bertz CT molecular complexity index is 1010. The number of hydrogen-bond donors (Lipinski definition) is 0. The third-order valence-corrected chi connectivity index (χ3v) is 5.36. The van der Waals surface area contributed by atoms with E-state index >= 15 is 0 Å². The second-order valence-corrected chi connectivity index (χ2v) is 7.47. The van der Waals surface area contributed by atoms with Crippen LogP contribution in [0.1, 0.15) is 23.6 Å². The van der Waals surface area contributed by atoms with Crippen LogP contribution in [0.15, 0.2) is 53.6 Å². The third-order valence-electron chi connectivity index (χ3n) is 5.36. The lowest BCUT2D eigenvalue weighted by atomic mass is 9.97. The molecule has 0 N–H and O–H groups in total. The first-order valence-electron chi connectivity index (χ1n) is 10.5. The summed E-state index contributed by atoms with van der Waals surface area (Å²) in [6.45, 7) is 0.117. The van der Waals surface area contributed by atoms with Gasteiger partial charge in [0.15, 0.2) is 0 Å². The van der Waals surface area contributed by atoms with Crippen molar-refractivity contribution in [3.05, 3.63) is 65.5 Å². The van der Waals surface area contributed by atoms with Crippen LogP contribution in [0, 0.1) is 5.82 Å². The largest absolute Gasteiger partial charge is 0.496 e. The van der Waals surface area contributed by atoms with E-state index in [1.54, 1.807) is 31.4 Å². The third kappa shape index (κ3) is 5.74. The van der Waals surface area contributed by atoms with Gasteiger partial charge in [0, 0.05) is 38.3 Å². The predicted octanol–water partition coefficient (Wildman–Crippen LogP) is 2.63. The number of hydrazone groups is 1. The molecule has 8 nitrogen and oxygen atoms in total. The van der Waals surface area contributed by atoms with E-state index in [1.165, 1.54) is 30.2 Å². The van der Waals surface area contributed by atoms with E-state index in [9.17, 15) is 14.0 Å². The van der Waals surface area contributed by atoms with Crippen molar-refractivity contribution in [1.82, 2.24) is 9.91 Å². The summed E-state index contributed by atoms with van der Waals surface area (Å²) in [5.41, 5.74) is 1.53. The van der Waals surface area contributed by atoms with Gasteiger partial charge in [-0.05, 0) is 12.1 Å². The Morgan fingerprint density at radius 3 is 2.52 bits per heavy atom. The molecule has 0 saturated heterocycles. The first-order valence-corrected chi connectivity index (χ1v) is 10.5. The van der Waals surface area contributed by atoms with Gasteiger partial charge in [0.1, 0.15) is 24.7 Å². The summed E-state index contributed by atoms with van der Waals surface area (Å²) in [6.07, 6.45) is 0.303. The maximum Gasteiger partial charge on any atom is 0.262 e. The molecule has 0 spiro atoms. The Labute approximate surface area is 192 Å². The Morgan fingerprint density at radius 2 is 1.82 bits per heavy atom. The second-order valence-electron chi connectivity index (χ2n) is 7.47. The van der Waals surface area contributed by atoms with Gasteiger partial charge < -0.3 is 19.1 Å². The smallest absolute Gasteiger partial charge is 0.262 e. The van der Waals surface area contributed by atoms with Crippen LogP contribution in [-0.4, -0.2) is 75.1 Å². The van der Waals surface area contributed by atoms with E-state index < -0.39 is 17.8 Å². The molecule has 0 radical (unpaired) electrons. The highest BCUT2D eigenvalue weighted by Gasteiger charge is 2.36. The maximum atomic E-state index is 14.5. The zero-order valence-corrected chi connectivity index (χ0v) is 19.0. The highest BCUT2D eigenvalue weighted by atomic mass is 19.1. The molecule has 0 aromatic heterocycles. The van der Waals surface area contributed by atoms with Gasteiger partial charge in [-0.1, -0.05) is 36.4 Å². The molecule has 0 saturated carbocycles. The summed E-state index contributed by atoms with van der Waals surface area (Å²) in [4.78, 5) is 27.2. The van der Waals surface area contributed by atoms with Gasteiger partial charge in [0.05, 0.1) is 25.5 Å². The molecule has 3 rings (SSSR count). The SMILES string of the molecule is COCCN(CC(=O)N1N=C(c2ccccc2F)CC1c1ccccc1OC)C(=O)COC. The van der Waals surface area contributed by atoms with Gasteiger partial charge in [0.2, 0.25) is 5.91 Å². The fourth-order valence-corrected chi connectivity index (χ4v) is 3.73. The highest BCUT2D eigenvalue weighted by Crippen LogP contribution is 2.37. The van der Waals surface area contributed by atoms with Crippen LogP contribution in [0.2, 0.25) is 0 Å². The predicted molar refractivity (Wildman–Crippen MR) is 120 cm³/mol. The number of carbonyl (C=O) groups excluding carboxylic acids is 2. The van der Waals surface area contributed by atoms with Crippen LogP contribution in [0.5, 0.6) is 5.75 Å². The number of ether oxygens (including phenoxy) is 3. The quantitative estimate of drug-likeness (QED) is 0.548. The zero-order chi connectivity index (χ0) is 23.8. The molecule has 2 aromatic carbocycles. The fraction of sp³-hybridized carbons (Fsp3) is 0.375. The van der Waals surface area contributed by atoms with Crippen LogP contribution >= 0.6 is 0 Å². The number of benzene rings is 2. The number of nitrogens with zero attached hydrogens (tertiary/aromatic N) is 3. The molecule has 1 heterocycles. The molecule has 0 fully saturated rings. The number of amides is 2. The van der Waals surface area contributed by atoms with Gasteiger partial charge in [-0.15, -0.1) is 0 Å². The molecule has 1 aliphatic rings. The summed E-state index contributed by atoms with van der Waals surface area (Å²) in [6, 6.07) is 13.1. The Kier molecular flexibility index (Phi) is 8.51. The topological polar surface area (TPSA) is 80.7 Å². The maximum absolute atomic E-state index is 14.5. The number of para-hydroxylation sites is 1. The van der Waals surface area contributed by atoms with Crippen molar-refractivity contribution >= 4 is 17.5 Å². The van der Waals surface area contributed by atoms with Crippen molar-refractivity contribution in [2.24, 2.45) is 5.10 Å². The summed E-state index contributed by atoms with van der Waals surface area (Å²) in [7, 11) is 4.48. The Balaban J connectivity index is 1.94. The van der Waals surface area contributed by atoms with Crippen molar-refractivity contribution in [2.75, 3.05) is 47.6 Å². The minimum atomic E-state index is -0.509. The van der Waals surface area contributed by atoms with Crippen LogP contribution in [0.25, 0.3) is 0 Å². The molecule has 0 bridgehead atoms. The fourth-order valence-electron chi connectivity index (χ4n) is 3.73. The van der Waals surface area contributed by atoms with Crippen LogP contribution in [0.4, 0.5) is 4.39 Å². The lowest BCUT2D eigenvalue weighted by molar-refractivity contribution is -0.144. The molecule has 0 aliphatic carbocycles. The van der Waals surface area contributed by atoms with E-state index in [0.29, 0.717) is 23.4 Å². The van der Waals surface area contributed by atoms with Crippen molar-refractivity contribution in [3.8, 4) is 5.75 Å². The minimum Gasteiger partial charge on any atom is -0.496 e. The highest BCUT2D eigenvalue weighted by molar-refractivity contribution is 6.03. The van der Waals surface area contributed by atoms with Gasteiger partial charge >= 0.3 is 0 Å². The monoisotopic (exact) mass is 457 g/mol. The van der Waals surface area contributed by atoms with E-state index in [0.717, 1.165) is 5.56 Å². The summed E-state index contributed by atoms with van der Waals surface area (Å²) >= 11 is 0. The summed E-state index contributed by atoms with van der Waals surface area (Å²) < 4.78 is 30.0. The van der Waals surface area contributed by atoms with Gasteiger partial charge in [-0.2, -0.15) is 5.10 Å². The normalized spacial score (nSPS) is 15.3. The van der Waals surface area contributed by atoms with Gasteiger partial charge in [-0.25, -0.2) is 9.40 Å². The Hall–Kier alpha value is -3.30. The number of methoxy groups -OCH3 is 3. The van der Waals surface area contributed by atoms with E-state index in [1.807, 2.05) is 18.2 Å². The van der Waals surface area contributed by atoms with Crippen molar-refractivity contribution in [2.45, 2.75) is 12.5 Å². The minimum absolute atomic E-state index is 0.156. The zero-order valence-electron chi connectivity index (χ0n) is 19.0. The lowest BCUT2D eigenvalue weighted by Gasteiger charge is -2.27. The molecule has 2 aromatic rings. The summed E-state index contributed by atoms with van der Waals surface area (Å²) in [5.74, 6) is -0.564. The lowest BCUT2D eigenvalue weighted by Crippen LogP contribution is -2.44.